The minimum atomic E-state index is -0.00708. The summed E-state index contributed by atoms with van der Waals surface area (Å²) in [6, 6.07) is 13.6. The molecule has 3 aromatic rings. The highest BCUT2D eigenvalue weighted by atomic mass is 16.2. The molecule has 0 bridgehead atoms. The third kappa shape index (κ3) is 2.46. The number of nitrogens with zero attached hydrogens (tertiary/aromatic N) is 4. The van der Waals surface area contributed by atoms with Crippen LogP contribution in [0.25, 0.3) is 11.0 Å². The molecule has 0 spiro atoms. The highest BCUT2D eigenvalue weighted by Gasteiger charge is 2.32. The molecule has 0 unspecified atom stereocenters. The van der Waals surface area contributed by atoms with Crippen molar-refractivity contribution in [1.82, 2.24) is 19.4 Å². The Balaban J connectivity index is 1.74. The number of piperidine rings is 1. The number of para-hydroxylation sites is 2. The Morgan fingerprint density at radius 3 is 2.75 bits per heavy atom. The van der Waals surface area contributed by atoms with Crippen LogP contribution in [0.1, 0.15) is 41.6 Å². The zero-order valence-electron chi connectivity index (χ0n) is 13.7. The van der Waals surface area contributed by atoms with Crippen LogP contribution < -0.4 is 0 Å². The fourth-order valence-corrected chi connectivity index (χ4v) is 3.54. The van der Waals surface area contributed by atoms with E-state index in [4.69, 9.17) is 4.98 Å². The van der Waals surface area contributed by atoms with E-state index in [0.29, 0.717) is 5.69 Å². The number of carbonyl (C=O) groups excluding carboxylic acids is 1. The summed E-state index contributed by atoms with van der Waals surface area (Å²) < 4.78 is 2.12. The number of fused-ring (bicyclic) bond motifs is 1. The number of rotatable bonds is 2. The van der Waals surface area contributed by atoms with E-state index in [0.717, 1.165) is 42.7 Å². The van der Waals surface area contributed by atoms with Gasteiger partial charge in [0.15, 0.2) is 0 Å². The number of aromatic nitrogens is 3. The number of amides is 1. The van der Waals surface area contributed by atoms with Crippen molar-refractivity contribution in [3.05, 3.63) is 60.2 Å². The lowest BCUT2D eigenvalue weighted by molar-refractivity contribution is 0.0591. The lowest BCUT2D eigenvalue weighted by Gasteiger charge is -2.35. The summed E-state index contributed by atoms with van der Waals surface area (Å²) in [6.07, 6.45) is 4.75. The van der Waals surface area contributed by atoms with E-state index in [-0.39, 0.29) is 11.9 Å². The molecular weight excluding hydrogens is 300 g/mol. The van der Waals surface area contributed by atoms with E-state index in [1.54, 1.807) is 12.3 Å². The largest absolute Gasteiger partial charge is 0.329 e. The van der Waals surface area contributed by atoms with Crippen LogP contribution in [0, 0.1) is 0 Å². The Hall–Kier alpha value is -2.69. The molecule has 4 rings (SSSR count). The number of aryl methyl sites for hydroxylation is 1. The van der Waals surface area contributed by atoms with Crippen LogP contribution in [0.3, 0.4) is 0 Å². The first-order chi connectivity index (χ1) is 11.8. The van der Waals surface area contributed by atoms with Gasteiger partial charge in [0, 0.05) is 19.8 Å². The topological polar surface area (TPSA) is 51.0 Å². The first-order valence-corrected chi connectivity index (χ1v) is 8.39. The zero-order valence-corrected chi connectivity index (χ0v) is 13.7. The van der Waals surface area contributed by atoms with Gasteiger partial charge in [0.05, 0.1) is 17.1 Å². The predicted octanol–water partition coefficient (Wildman–Crippen LogP) is 3.34. The van der Waals surface area contributed by atoms with Crippen LogP contribution >= 0.6 is 0 Å². The zero-order chi connectivity index (χ0) is 16.5. The molecule has 1 atom stereocenters. The molecule has 0 N–H and O–H groups in total. The number of likely N-dealkylation sites (tertiary alicyclic amines) is 1. The fourth-order valence-electron chi connectivity index (χ4n) is 3.54. The minimum absolute atomic E-state index is 0.00524. The van der Waals surface area contributed by atoms with E-state index >= 15 is 0 Å². The van der Waals surface area contributed by atoms with Gasteiger partial charge in [-0.2, -0.15) is 0 Å². The fraction of sp³-hybridized carbons (Fsp3) is 0.316. The second kappa shape index (κ2) is 6.07. The van der Waals surface area contributed by atoms with Crippen LogP contribution in [0.2, 0.25) is 0 Å². The first-order valence-electron chi connectivity index (χ1n) is 8.39. The van der Waals surface area contributed by atoms with Crippen LogP contribution in [0.4, 0.5) is 0 Å². The van der Waals surface area contributed by atoms with Crippen molar-refractivity contribution in [2.75, 3.05) is 6.54 Å². The summed E-state index contributed by atoms with van der Waals surface area (Å²) in [4.78, 5) is 23.9. The molecule has 1 saturated heterocycles. The number of imidazole rings is 1. The number of benzene rings is 1. The molecule has 1 fully saturated rings. The average molecular weight is 320 g/mol. The molecule has 1 aliphatic rings. The summed E-state index contributed by atoms with van der Waals surface area (Å²) in [5, 5.41) is 0. The summed E-state index contributed by atoms with van der Waals surface area (Å²) >= 11 is 0. The molecule has 1 amide bonds. The molecule has 1 aromatic carbocycles. The molecule has 122 valence electrons. The Kier molecular flexibility index (Phi) is 3.76. The molecule has 1 aliphatic heterocycles. The van der Waals surface area contributed by atoms with Crippen LogP contribution in [-0.4, -0.2) is 31.9 Å². The maximum absolute atomic E-state index is 12.9. The SMILES string of the molecule is Cn1c([C@H]2CCCCN2C(=O)c2ccccn2)nc2ccccc21. The Morgan fingerprint density at radius 2 is 1.96 bits per heavy atom. The molecule has 0 saturated carbocycles. The molecule has 24 heavy (non-hydrogen) atoms. The molecule has 0 aliphatic carbocycles. The standard InChI is InChI=1S/C19H20N4O/c1-22-16-10-3-2-8-14(16)21-18(22)17-11-5-7-13-23(17)19(24)15-9-4-6-12-20-15/h2-4,6,8-10,12,17H,5,7,11,13H2,1H3/t17-/m1/s1. The first kappa shape index (κ1) is 14.9. The van der Waals surface area contributed by atoms with Crippen molar-refractivity contribution in [1.29, 1.82) is 0 Å². The summed E-state index contributed by atoms with van der Waals surface area (Å²) in [7, 11) is 2.03. The van der Waals surface area contributed by atoms with E-state index < -0.39 is 0 Å². The van der Waals surface area contributed by atoms with Gasteiger partial charge in [-0.15, -0.1) is 0 Å². The second-order valence-corrected chi connectivity index (χ2v) is 6.24. The Labute approximate surface area is 140 Å². The Morgan fingerprint density at radius 1 is 1.12 bits per heavy atom. The van der Waals surface area contributed by atoms with E-state index in [2.05, 4.69) is 15.6 Å². The van der Waals surface area contributed by atoms with Gasteiger partial charge < -0.3 is 9.47 Å². The van der Waals surface area contributed by atoms with Crippen molar-refractivity contribution in [3.63, 3.8) is 0 Å². The van der Waals surface area contributed by atoms with Crippen LogP contribution in [0.5, 0.6) is 0 Å². The molecule has 0 radical (unpaired) electrons. The molecule has 5 heteroatoms. The predicted molar refractivity (Wildman–Crippen MR) is 92.6 cm³/mol. The third-order valence-corrected chi connectivity index (χ3v) is 4.77. The maximum Gasteiger partial charge on any atom is 0.273 e. The van der Waals surface area contributed by atoms with Gasteiger partial charge in [0.1, 0.15) is 11.5 Å². The minimum Gasteiger partial charge on any atom is -0.329 e. The Bertz CT molecular complexity index is 871. The quantitative estimate of drug-likeness (QED) is 0.728. The molecule has 2 aromatic heterocycles. The van der Waals surface area contributed by atoms with Crippen molar-refractivity contribution in [2.45, 2.75) is 25.3 Å². The third-order valence-electron chi connectivity index (χ3n) is 4.77. The molecule has 5 nitrogen and oxygen atoms in total. The normalized spacial score (nSPS) is 18.0. The average Bonchev–Trinajstić information content (AvgIpc) is 2.99. The van der Waals surface area contributed by atoms with Gasteiger partial charge in [-0.3, -0.25) is 9.78 Å². The van der Waals surface area contributed by atoms with Gasteiger partial charge in [-0.1, -0.05) is 18.2 Å². The summed E-state index contributed by atoms with van der Waals surface area (Å²) in [6.45, 7) is 0.753. The smallest absolute Gasteiger partial charge is 0.273 e. The van der Waals surface area contributed by atoms with Gasteiger partial charge in [-0.25, -0.2) is 4.98 Å². The van der Waals surface area contributed by atoms with Crippen molar-refractivity contribution in [2.24, 2.45) is 7.05 Å². The van der Waals surface area contributed by atoms with Crippen molar-refractivity contribution in [3.8, 4) is 0 Å². The van der Waals surface area contributed by atoms with Gasteiger partial charge in [-0.05, 0) is 43.5 Å². The number of hydrogen-bond acceptors (Lipinski definition) is 3. The van der Waals surface area contributed by atoms with Gasteiger partial charge in [0.25, 0.3) is 5.91 Å². The molecule has 3 heterocycles. The number of pyridine rings is 1. The van der Waals surface area contributed by atoms with E-state index in [9.17, 15) is 4.79 Å². The maximum atomic E-state index is 12.9. The number of hydrogen-bond donors (Lipinski definition) is 0. The van der Waals surface area contributed by atoms with Gasteiger partial charge in [0.2, 0.25) is 0 Å². The molecular formula is C19H20N4O. The highest BCUT2D eigenvalue weighted by molar-refractivity contribution is 5.92. The monoisotopic (exact) mass is 320 g/mol. The lowest BCUT2D eigenvalue weighted by atomic mass is 10.0. The van der Waals surface area contributed by atoms with E-state index in [1.807, 2.05) is 42.3 Å². The number of carbonyl (C=O) groups is 1. The lowest BCUT2D eigenvalue weighted by Crippen LogP contribution is -2.39. The van der Waals surface area contributed by atoms with E-state index in [1.165, 1.54) is 0 Å². The summed E-state index contributed by atoms with van der Waals surface area (Å²) in [5.41, 5.74) is 2.58. The van der Waals surface area contributed by atoms with Crippen LogP contribution in [-0.2, 0) is 7.05 Å². The second-order valence-electron chi connectivity index (χ2n) is 6.24. The van der Waals surface area contributed by atoms with Crippen molar-refractivity contribution < 1.29 is 4.79 Å². The summed E-state index contributed by atoms with van der Waals surface area (Å²) in [5.74, 6) is 0.951. The van der Waals surface area contributed by atoms with Gasteiger partial charge >= 0.3 is 0 Å². The van der Waals surface area contributed by atoms with Crippen molar-refractivity contribution >= 4 is 16.9 Å². The highest BCUT2D eigenvalue weighted by Crippen LogP contribution is 2.32. The van der Waals surface area contributed by atoms with Crippen LogP contribution in [0.15, 0.2) is 48.7 Å².